The van der Waals surface area contributed by atoms with Crippen LogP contribution in [0.25, 0.3) is 0 Å². The van der Waals surface area contributed by atoms with Gasteiger partial charge >= 0.3 is 0 Å². The second-order valence-corrected chi connectivity index (χ2v) is 4.08. The van der Waals surface area contributed by atoms with Crippen molar-refractivity contribution in [3.63, 3.8) is 0 Å². The molecule has 1 saturated heterocycles. The molecule has 12 heavy (non-hydrogen) atoms. The van der Waals surface area contributed by atoms with Crippen LogP contribution in [0.5, 0.6) is 0 Å². The highest BCUT2D eigenvalue weighted by Crippen LogP contribution is 2.30. The van der Waals surface area contributed by atoms with E-state index in [1.807, 2.05) is 0 Å². The molecule has 1 aliphatic heterocycles. The van der Waals surface area contributed by atoms with E-state index in [0.29, 0.717) is 5.92 Å². The van der Waals surface area contributed by atoms with Crippen LogP contribution in [0.1, 0.15) is 23.8 Å². The molecule has 0 radical (unpaired) electrons. The average molecular weight is 184 g/mol. The molecule has 0 spiro atoms. The Kier molecular flexibility index (Phi) is 2.28. The quantitative estimate of drug-likeness (QED) is 0.721. The van der Waals surface area contributed by atoms with Crippen LogP contribution in [0.2, 0.25) is 0 Å². The van der Waals surface area contributed by atoms with Crippen molar-refractivity contribution in [2.24, 2.45) is 0 Å². The van der Waals surface area contributed by atoms with Gasteiger partial charge < -0.3 is 10.5 Å². The summed E-state index contributed by atoms with van der Waals surface area (Å²) in [7, 11) is 0. The molecule has 0 amide bonds. The summed E-state index contributed by atoms with van der Waals surface area (Å²) >= 11 is 1.61. The van der Waals surface area contributed by atoms with E-state index in [4.69, 9.17) is 10.5 Å². The van der Waals surface area contributed by atoms with E-state index in [-0.39, 0.29) is 0 Å². The molecule has 0 saturated carbocycles. The lowest BCUT2D eigenvalue weighted by molar-refractivity contribution is 0.0853. The number of nitrogen functional groups attached to an aromatic ring is 1. The molecule has 4 heteroatoms. The van der Waals surface area contributed by atoms with Gasteiger partial charge in [0.1, 0.15) is 5.00 Å². The molecule has 1 aliphatic rings. The number of ether oxygens (including phenoxy) is 1. The summed E-state index contributed by atoms with van der Waals surface area (Å²) in [5, 5.41) is 1.99. The van der Waals surface area contributed by atoms with Crippen molar-refractivity contribution < 1.29 is 4.74 Å². The number of hydrogen-bond donors (Lipinski definition) is 1. The van der Waals surface area contributed by atoms with Crippen LogP contribution < -0.4 is 5.73 Å². The molecule has 2 rings (SSSR count). The van der Waals surface area contributed by atoms with E-state index in [1.165, 1.54) is 5.01 Å². The first-order valence-electron chi connectivity index (χ1n) is 4.15. The molecule has 0 unspecified atom stereocenters. The number of nitrogens with two attached hydrogens (primary N) is 1. The van der Waals surface area contributed by atoms with Gasteiger partial charge in [0.25, 0.3) is 0 Å². The Morgan fingerprint density at radius 2 is 2.25 bits per heavy atom. The number of thiazole rings is 1. The molecule has 3 nitrogen and oxygen atoms in total. The van der Waals surface area contributed by atoms with Crippen LogP contribution in [0, 0.1) is 0 Å². The highest BCUT2D eigenvalue weighted by atomic mass is 32.1. The van der Waals surface area contributed by atoms with Crippen molar-refractivity contribution in [1.82, 2.24) is 4.98 Å². The van der Waals surface area contributed by atoms with Crippen molar-refractivity contribution in [3.05, 3.63) is 11.2 Å². The van der Waals surface area contributed by atoms with Gasteiger partial charge in [0.2, 0.25) is 0 Å². The van der Waals surface area contributed by atoms with Gasteiger partial charge in [-0.05, 0) is 12.8 Å². The highest BCUT2D eigenvalue weighted by molar-refractivity contribution is 7.15. The zero-order valence-electron chi connectivity index (χ0n) is 6.82. The Morgan fingerprint density at radius 3 is 2.83 bits per heavy atom. The van der Waals surface area contributed by atoms with Crippen LogP contribution in [0.15, 0.2) is 6.20 Å². The van der Waals surface area contributed by atoms with Gasteiger partial charge in [-0.3, -0.25) is 0 Å². The van der Waals surface area contributed by atoms with Gasteiger partial charge in [0, 0.05) is 19.1 Å². The number of rotatable bonds is 1. The van der Waals surface area contributed by atoms with Crippen LogP contribution in [0.3, 0.4) is 0 Å². The summed E-state index contributed by atoms with van der Waals surface area (Å²) in [5.74, 6) is 0.584. The van der Waals surface area contributed by atoms with Gasteiger partial charge in [0.05, 0.1) is 11.2 Å². The maximum absolute atomic E-state index is 5.61. The third kappa shape index (κ3) is 1.59. The highest BCUT2D eigenvalue weighted by Gasteiger charge is 2.18. The average Bonchev–Trinajstić information content (AvgIpc) is 2.54. The monoisotopic (exact) mass is 184 g/mol. The van der Waals surface area contributed by atoms with Gasteiger partial charge in [-0.15, -0.1) is 11.3 Å². The van der Waals surface area contributed by atoms with E-state index >= 15 is 0 Å². The molecule has 2 heterocycles. The topological polar surface area (TPSA) is 48.1 Å². The van der Waals surface area contributed by atoms with Crippen molar-refractivity contribution in [2.75, 3.05) is 18.9 Å². The summed E-state index contributed by atoms with van der Waals surface area (Å²) in [6.45, 7) is 1.73. The van der Waals surface area contributed by atoms with E-state index in [2.05, 4.69) is 4.98 Å². The first-order chi connectivity index (χ1) is 5.86. The van der Waals surface area contributed by atoms with Gasteiger partial charge in [0.15, 0.2) is 0 Å². The predicted molar refractivity (Wildman–Crippen MR) is 49.3 cm³/mol. The Hall–Kier alpha value is -0.610. The maximum atomic E-state index is 5.61. The van der Waals surface area contributed by atoms with E-state index in [1.54, 1.807) is 17.5 Å². The molecule has 1 aromatic heterocycles. The fraction of sp³-hybridized carbons (Fsp3) is 0.625. The van der Waals surface area contributed by atoms with Crippen molar-refractivity contribution in [1.29, 1.82) is 0 Å². The molecule has 0 bridgehead atoms. The van der Waals surface area contributed by atoms with Gasteiger partial charge in [-0.1, -0.05) is 0 Å². The Balaban J connectivity index is 2.08. The molecule has 1 aromatic rings. The zero-order valence-corrected chi connectivity index (χ0v) is 7.64. The van der Waals surface area contributed by atoms with E-state index < -0.39 is 0 Å². The summed E-state index contributed by atoms with van der Waals surface area (Å²) in [6, 6.07) is 0. The second kappa shape index (κ2) is 3.41. The molecule has 2 N–H and O–H groups in total. The van der Waals surface area contributed by atoms with Crippen molar-refractivity contribution in [3.8, 4) is 0 Å². The lowest BCUT2D eigenvalue weighted by atomic mass is 10.0. The lowest BCUT2D eigenvalue weighted by Crippen LogP contribution is -2.13. The number of nitrogens with zero attached hydrogens (tertiary/aromatic N) is 1. The number of aromatic nitrogens is 1. The molecule has 0 aliphatic carbocycles. The van der Waals surface area contributed by atoms with Crippen LogP contribution in [-0.4, -0.2) is 18.2 Å². The molecule has 66 valence electrons. The predicted octanol–water partition coefficient (Wildman–Crippen LogP) is 1.62. The summed E-state index contributed by atoms with van der Waals surface area (Å²) < 4.78 is 5.27. The van der Waals surface area contributed by atoms with Gasteiger partial charge in [-0.2, -0.15) is 0 Å². The molecular weight excluding hydrogens is 172 g/mol. The summed E-state index contributed by atoms with van der Waals surface area (Å²) in [5.41, 5.74) is 5.61. The number of anilines is 1. The normalized spacial score (nSPS) is 19.7. The Bertz CT molecular complexity index is 255. The molecular formula is C8H12N2OS. The van der Waals surface area contributed by atoms with Gasteiger partial charge in [-0.25, -0.2) is 4.98 Å². The first-order valence-corrected chi connectivity index (χ1v) is 4.97. The number of hydrogen-bond acceptors (Lipinski definition) is 4. The second-order valence-electron chi connectivity index (χ2n) is 2.99. The van der Waals surface area contributed by atoms with Crippen LogP contribution in [-0.2, 0) is 4.74 Å². The molecule has 0 atom stereocenters. The van der Waals surface area contributed by atoms with Crippen molar-refractivity contribution in [2.45, 2.75) is 18.8 Å². The minimum Gasteiger partial charge on any atom is -0.389 e. The third-order valence-corrected chi connectivity index (χ3v) is 3.10. The van der Waals surface area contributed by atoms with Crippen molar-refractivity contribution >= 4 is 16.3 Å². The maximum Gasteiger partial charge on any atom is 0.106 e. The smallest absolute Gasteiger partial charge is 0.106 e. The minimum absolute atomic E-state index is 0.584. The SMILES string of the molecule is Nc1cnc(C2CCOCC2)s1. The molecule has 0 aromatic carbocycles. The van der Waals surface area contributed by atoms with E-state index in [0.717, 1.165) is 31.1 Å². The van der Waals surface area contributed by atoms with Crippen LogP contribution >= 0.6 is 11.3 Å². The Labute approximate surface area is 75.6 Å². The minimum atomic E-state index is 0.584. The Morgan fingerprint density at radius 1 is 1.50 bits per heavy atom. The fourth-order valence-corrected chi connectivity index (χ4v) is 2.29. The fourth-order valence-electron chi connectivity index (χ4n) is 1.43. The summed E-state index contributed by atoms with van der Waals surface area (Å²) in [6.07, 6.45) is 3.93. The molecule has 1 fully saturated rings. The zero-order chi connectivity index (χ0) is 8.39. The van der Waals surface area contributed by atoms with Crippen LogP contribution in [0.4, 0.5) is 5.00 Å². The van der Waals surface area contributed by atoms with E-state index in [9.17, 15) is 0 Å². The first kappa shape index (κ1) is 8.01. The largest absolute Gasteiger partial charge is 0.389 e. The lowest BCUT2D eigenvalue weighted by Gasteiger charge is -2.19. The standard InChI is InChI=1S/C8H12N2OS/c9-7-5-10-8(12-7)6-1-3-11-4-2-6/h5-6H,1-4,9H2. The third-order valence-electron chi connectivity index (χ3n) is 2.11. The summed E-state index contributed by atoms with van der Waals surface area (Å²) in [4.78, 5) is 4.28.